The SMILES string of the molecule is CCNC(=NCC(C)c1ccccc1OC)NCC1CC(=O)Nc2ccccc21. The van der Waals surface area contributed by atoms with Crippen molar-refractivity contribution in [3.05, 3.63) is 59.7 Å². The summed E-state index contributed by atoms with van der Waals surface area (Å²) in [4.78, 5) is 16.8. The number of ether oxygens (including phenoxy) is 1. The lowest BCUT2D eigenvalue weighted by Crippen LogP contribution is -2.41. The van der Waals surface area contributed by atoms with E-state index in [1.54, 1.807) is 7.11 Å². The molecule has 0 bridgehead atoms. The summed E-state index contributed by atoms with van der Waals surface area (Å²) in [6.07, 6.45) is 0.473. The molecule has 29 heavy (non-hydrogen) atoms. The molecule has 154 valence electrons. The van der Waals surface area contributed by atoms with E-state index in [4.69, 9.17) is 9.73 Å². The summed E-state index contributed by atoms with van der Waals surface area (Å²) in [7, 11) is 1.69. The van der Waals surface area contributed by atoms with Crippen molar-refractivity contribution in [3.63, 3.8) is 0 Å². The van der Waals surface area contributed by atoms with Crippen LogP contribution in [0.15, 0.2) is 53.5 Å². The molecule has 0 aliphatic carbocycles. The minimum atomic E-state index is 0.0576. The first-order valence-electron chi connectivity index (χ1n) is 10.2. The van der Waals surface area contributed by atoms with E-state index in [-0.39, 0.29) is 17.7 Å². The van der Waals surface area contributed by atoms with Crippen molar-refractivity contribution in [2.45, 2.75) is 32.1 Å². The van der Waals surface area contributed by atoms with Gasteiger partial charge in [0.25, 0.3) is 0 Å². The summed E-state index contributed by atoms with van der Waals surface area (Å²) >= 11 is 0. The quantitative estimate of drug-likeness (QED) is 0.496. The number of aliphatic imine (C=N–C) groups is 1. The summed E-state index contributed by atoms with van der Waals surface area (Å²) in [5, 5.41) is 9.66. The Morgan fingerprint density at radius 1 is 1.21 bits per heavy atom. The van der Waals surface area contributed by atoms with Gasteiger partial charge in [-0.1, -0.05) is 43.3 Å². The zero-order chi connectivity index (χ0) is 20.6. The number of rotatable bonds is 7. The van der Waals surface area contributed by atoms with Gasteiger partial charge in [-0.05, 0) is 30.2 Å². The molecular formula is C23H30N4O2. The van der Waals surface area contributed by atoms with Crippen molar-refractivity contribution in [2.24, 2.45) is 4.99 Å². The number of nitrogens with zero attached hydrogens (tertiary/aromatic N) is 1. The predicted octanol–water partition coefficient (Wildman–Crippen LogP) is 3.48. The number of carbonyl (C=O) groups excluding carboxylic acids is 1. The summed E-state index contributed by atoms with van der Waals surface area (Å²) < 4.78 is 5.47. The van der Waals surface area contributed by atoms with Gasteiger partial charge in [-0.2, -0.15) is 0 Å². The maximum absolute atomic E-state index is 12.0. The van der Waals surface area contributed by atoms with Crippen molar-refractivity contribution < 1.29 is 9.53 Å². The summed E-state index contributed by atoms with van der Waals surface area (Å²) in [6, 6.07) is 16.0. The minimum Gasteiger partial charge on any atom is -0.496 e. The van der Waals surface area contributed by atoms with Crippen molar-refractivity contribution in [2.75, 3.05) is 32.1 Å². The minimum absolute atomic E-state index is 0.0576. The van der Waals surface area contributed by atoms with Gasteiger partial charge in [0.1, 0.15) is 5.75 Å². The lowest BCUT2D eigenvalue weighted by Gasteiger charge is -2.26. The third-order valence-electron chi connectivity index (χ3n) is 5.16. The van der Waals surface area contributed by atoms with E-state index in [0.29, 0.717) is 19.5 Å². The number of amides is 1. The molecule has 2 unspecified atom stereocenters. The normalized spacial score (nSPS) is 17.1. The lowest BCUT2D eigenvalue weighted by molar-refractivity contribution is -0.116. The van der Waals surface area contributed by atoms with Gasteiger partial charge in [0.05, 0.1) is 7.11 Å². The Bertz CT molecular complexity index is 865. The highest BCUT2D eigenvalue weighted by Gasteiger charge is 2.24. The molecule has 0 aromatic heterocycles. The van der Waals surface area contributed by atoms with Gasteiger partial charge in [0.15, 0.2) is 5.96 Å². The lowest BCUT2D eigenvalue weighted by atomic mass is 9.90. The van der Waals surface area contributed by atoms with Crippen LogP contribution < -0.4 is 20.7 Å². The van der Waals surface area contributed by atoms with E-state index in [9.17, 15) is 4.79 Å². The van der Waals surface area contributed by atoms with Crippen LogP contribution in [0.25, 0.3) is 0 Å². The molecule has 0 spiro atoms. The molecule has 0 fully saturated rings. The van der Waals surface area contributed by atoms with Crippen LogP contribution in [0.4, 0.5) is 5.69 Å². The number of anilines is 1. The van der Waals surface area contributed by atoms with E-state index >= 15 is 0 Å². The molecule has 1 heterocycles. The average molecular weight is 395 g/mol. The first-order valence-corrected chi connectivity index (χ1v) is 10.2. The molecule has 0 saturated carbocycles. The number of hydrogen-bond acceptors (Lipinski definition) is 3. The van der Waals surface area contributed by atoms with Crippen LogP contribution in [-0.4, -0.2) is 38.6 Å². The van der Waals surface area contributed by atoms with Gasteiger partial charge in [-0.3, -0.25) is 9.79 Å². The highest BCUT2D eigenvalue weighted by molar-refractivity contribution is 5.94. The van der Waals surface area contributed by atoms with Crippen molar-refractivity contribution in [1.82, 2.24) is 10.6 Å². The Labute approximate surface area is 172 Å². The van der Waals surface area contributed by atoms with Gasteiger partial charge in [-0.25, -0.2) is 0 Å². The third-order valence-corrected chi connectivity index (χ3v) is 5.16. The van der Waals surface area contributed by atoms with Crippen LogP contribution in [-0.2, 0) is 4.79 Å². The fourth-order valence-electron chi connectivity index (χ4n) is 3.65. The van der Waals surface area contributed by atoms with Crippen LogP contribution in [0, 0.1) is 0 Å². The van der Waals surface area contributed by atoms with Crippen LogP contribution in [0.5, 0.6) is 5.75 Å². The summed E-state index contributed by atoms with van der Waals surface area (Å²) in [5.74, 6) is 2.05. The molecule has 3 rings (SSSR count). The number of benzene rings is 2. The molecule has 1 aliphatic heterocycles. The molecular weight excluding hydrogens is 364 g/mol. The van der Waals surface area contributed by atoms with Crippen LogP contribution in [0.2, 0.25) is 0 Å². The molecule has 0 radical (unpaired) electrons. The van der Waals surface area contributed by atoms with Crippen molar-refractivity contribution >= 4 is 17.6 Å². The topological polar surface area (TPSA) is 74.8 Å². The standard InChI is InChI=1S/C23H30N4O2/c1-4-24-23(25-14-16(2)18-9-6-8-12-21(18)29-3)26-15-17-13-22(28)27-20-11-7-5-10-19(17)20/h5-12,16-17H,4,13-15H2,1-3H3,(H,27,28)(H2,24,25,26). The van der Waals surface area contributed by atoms with Crippen LogP contribution in [0.1, 0.15) is 43.2 Å². The Kier molecular flexibility index (Phi) is 7.11. The summed E-state index contributed by atoms with van der Waals surface area (Å²) in [5.41, 5.74) is 3.22. The predicted molar refractivity (Wildman–Crippen MR) is 118 cm³/mol. The van der Waals surface area contributed by atoms with E-state index in [1.165, 1.54) is 0 Å². The fourth-order valence-corrected chi connectivity index (χ4v) is 3.65. The molecule has 1 amide bonds. The molecule has 3 N–H and O–H groups in total. The molecule has 2 atom stereocenters. The number of carbonyl (C=O) groups is 1. The largest absolute Gasteiger partial charge is 0.496 e. The average Bonchev–Trinajstić information content (AvgIpc) is 2.75. The van der Waals surface area contributed by atoms with Crippen molar-refractivity contribution in [3.8, 4) is 5.75 Å². The van der Waals surface area contributed by atoms with E-state index in [2.05, 4.69) is 35.0 Å². The summed E-state index contributed by atoms with van der Waals surface area (Å²) in [6.45, 7) is 6.25. The Balaban J connectivity index is 1.66. The number of para-hydroxylation sites is 2. The molecule has 1 aliphatic rings. The number of methoxy groups -OCH3 is 1. The zero-order valence-corrected chi connectivity index (χ0v) is 17.4. The smallest absolute Gasteiger partial charge is 0.225 e. The third kappa shape index (κ3) is 5.28. The van der Waals surface area contributed by atoms with E-state index in [0.717, 1.165) is 35.1 Å². The highest BCUT2D eigenvalue weighted by atomic mass is 16.5. The number of nitrogens with one attached hydrogen (secondary N) is 3. The van der Waals surface area contributed by atoms with E-state index < -0.39 is 0 Å². The van der Waals surface area contributed by atoms with Gasteiger partial charge in [0.2, 0.25) is 5.91 Å². The van der Waals surface area contributed by atoms with Gasteiger partial charge in [0, 0.05) is 43.6 Å². The van der Waals surface area contributed by atoms with Gasteiger partial charge < -0.3 is 20.7 Å². The van der Waals surface area contributed by atoms with Gasteiger partial charge >= 0.3 is 0 Å². The zero-order valence-electron chi connectivity index (χ0n) is 17.4. The first-order chi connectivity index (χ1) is 14.1. The fraction of sp³-hybridized carbons (Fsp3) is 0.391. The first kappa shape index (κ1) is 20.7. The van der Waals surface area contributed by atoms with Crippen LogP contribution in [0.3, 0.4) is 0 Å². The second-order valence-electron chi connectivity index (χ2n) is 7.28. The van der Waals surface area contributed by atoms with E-state index in [1.807, 2.05) is 43.3 Å². The monoisotopic (exact) mass is 394 g/mol. The Morgan fingerprint density at radius 2 is 1.97 bits per heavy atom. The molecule has 0 saturated heterocycles. The molecule has 6 nitrogen and oxygen atoms in total. The number of hydrogen-bond donors (Lipinski definition) is 3. The second kappa shape index (κ2) is 9.96. The highest BCUT2D eigenvalue weighted by Crippen LogP contribution is 2.31. The Morgan fingerprint density at radius 3 is 2.76 bits per heavy atom. The number of guanidine groups is 1. The Hall–Kier alpha value is -3.02. The van der Waals surface area contributed by atoms with Crippen LogP contribution >= 0.6 is 0 Å². The maximum atomic E-state index is 12.0. The second-order valence-corrected chi connectivity index (χ2v) is 7.28. The van der Waals surface area contributed by atoms with Gasteiger partial charge in [-0.15, -0.1) is 0 Å². The molecule has 2 aromatic carbocycles. The number of fused-ring (bicyclic) bond motifs is 1. The maximum Gasteiger partial charge on any atom is 0.225 e. The van der Waals surface area contributed by atoms with Crippen molar-refractivity contribution in [1.29, 1.82) is 0 Å². The molecule has 6 heteroatoms. The molecule has 2 aromatic rings.